The second-order valence-corrected chi connectivity index (χ2v) is 6.25. The van der Waals surface area contributed by atoms with E-state index in [1.54, 1.807) is 37.3 Å². The second-order valence-electron chi connectivity index (χ2n) is 6.25. The highest BCUT2D eigenvalue weighted by Crippen LogP contribution is 2.21. The number of carbonyl (C=O) groups excluding carboxylic acids is 2. The maximum atomic E-state index is 12.3. The van der Waals surface area contributed by atoms with Gasteiger partial charge in [-0.15, -0.1) is 0 Å². The molecule has 3 amide bonds. The van der Waals surface area contributed by atoms with Crippen LogP contribution in [-0.2, 0) is 9.53 Å². The lowest BCUT2D eigenvalue weighted by Gasteiger charge is -2.21. The van der Waals surface area contributed by atoms with Gasteiger partial charge in [-0.1, -0.05) is 36.4 Å². The lowest BCUT2D eigenvalue weighted by Crippen LogP contribution is -2.39. The quantitative estimate of drug-likeness (QED) is 0.601. The Hall–Kier alpha value is -2.90. The highest BCUT2D eigenvalue weighted by Gasteiger charge is 2.18. The molecule has 0 bridgehead atoms. The number of hydrogen-bond acceptors (Lipinski definition) is 4. The zero-order valence-electron chi connectivity index (χ0n) is 15.7. The van der Waals surface area contributed by atoms with E-state index in [1.807, 2.05) is 25.1 Å². The van der Waals surface area contributed by atoms with Gasteiger partial charge in [-0.25, -0.2) is 4.79 Å². The number of amides is 3. The SMILES string of the molecule is COCC(=O)Nc1ccc(C)c(NC(=O)N[C@@H](C)[C@H](O)c2ccccc2)c1. The molecule has 0 saturated heterocycles. The lowest BCUT2D eigenvalue weighted by atomic mass is 10.0. The van der Waals surface area contributed by atoms with Crippen molar-refractivity contribution < 1.29 is 19.4 Å². The van der Waals surface area contributed by atoms with Crippen LogP contribution in [-0.4, -0.2) is 36.8 Å². The molecular weight excluding hydrogens is 346 g/mol. The molecule has 4 N–H and O–H groups in total. The standard InChI is InChI=1S/C20H25N3O4/c1-13-9-10-16(22-18(24)12-27-3)11-17(13)23-20(26)21-14(2)19(25)15-7-5-4-6-8-15/h4-11,14,19,25H,12H2,1-3H3,(H,22,24)(H2,21,23,26)/t14-,19-/m0/s1. The van der Waals surface area contributed by atoms with Crippen molar-refractivity contribution in [2.45, 2.75) is 26.0 Å². The fraction of sp³-hybridized carbons (Fsp3) is 0.300. The molecule has 7 nitrogen and oxygen atoms in total. The first-order valence-corrected chi connectivity index (χ1v) is 8.60. The predicted octanol–water partition coefficient (Wildman–Crippen LogP) is 2.82. The van der Waals surface area contributed by atoms with Crippen molar-refractivity contribution in [3.63, 3.8) is 0 Å². The number of anilines is 2. The fourth-order valence-electron chi connectivity index (χ4n) is 2.55. The van der Waals surface area contributed by atoms with Crippen LogP contribution in [0.3, 0.4) is 0 Å². The molecule has 0 heterocycles. The molecule has 0 spiro atoms. The van der Waals surface area contributed by atoms with Crippen molar-refractivity contribution in [2.24, 2.45) is 0 Å². The first-order valence-electron chi connectivity index (χ1n) is 8.60. The Morgan fingerprint density at radius 2 is 1.81 bits per heavy atom. The number of carbonyl (C=O) groups is 2. The molecule has 0 aliphatic heterocycles. The third-order valence-electron chi connectivity index (χ3n) is 4.02. The summed E-state index contributed by atoms with van der Waals surface area (Å²) in [6.07, 6.45) is -0.822. The van der Waals surface area contributed by atoms with Gasteiger partial charge in [0.1, 0.15) is 6.61 Å². The van der Waals surface area contributed by atoms with Crippen LogP contribution in [0, 0.1) is 6.92 Å². The number of aryl methyl sites for hydroxylation is 1. The first-order chi connectivity index (χ1) is 12.9. The Labute approximate surface area is 158 Å². The predicted molar refractivity (Wildman–Crippen MR) is 105 cm³/mol. The maximum absolute atomic E-state index is 12.3. The smallest absolute Gasteiger partial charge is 0.319 e. The summed E-state index contributed by atoms with van der Waals surface area (Å²) in [7, 11) is 1.44. The minimum atomic E-state index is -0.822. The third-order valence-corrected chi connectivity index (χ3v) is 4.02. The minimum absolute atomic E-state index is 0.0496. The van der Waals surface area contributed by atoms with Gasteiger partial charge in [0.25, 0.3) is 0 Å². The van der Waals surface area contributed by atoms with Crippen molar-refractivity contribution in [3.8, 4) is 0 Å². The fourth-order valence-corrected chi connectivity index (χ4v) is 2.55. The van der Waals surface area contributed by atoms with Gasteiger partial charge in [-0.2, -0.15) is 0 Å². The average molecular weight is 371 g/mol. The molecule has 2 aromatic carbocycles. The van der Waals surface area contributed by atoms with Crippen LogP contribution >= 0.6 is 0 Å². The largest absolute Gasteiger partial charge is 0.386 e. The lowest BCUT2D eigenvalue weighted by molar-refractivity contribution is -0.119. The molecule has 0 unspecified atom stereocenters. The Bertz CT molecular complexity index is 780. The van der Waals surface area contributed by atoms with Gasteiger partial charge in [0, 0.05) is 18.5 Å². The normalized spacial score (nSPS) is 12.7. The maximum Gasteiger partial charge on any atom is 0.319 e. The van der Waals surface area contributed by atoms with Crippen molar-refractivity contribution in [2.75, 3.05) is 24.4 Å². The summed E-state index contributed by atoms with van der Waals surface area (Å²) in [5.74, 6) is -0.281. The molecule has 27 heavy (non-hydrogen) atoms. The number of ether oxygens (including phenoxy) is 1. The number of methoxy groups -OCH3 is 1. The summed E-state index contributed by atoms with van der Waals surface area (Å²) in [5.41, 5.74) is 2.68. The molecule has 0 fully saturated rings. The monoisotopic (exact) mass is 371 g/mol. The van der Waals surface area contributed by atoms with Crippen molar-refractivity contribution in [1.82, 2.24) is 5.32 Å². The van der Waals surface area contributed by atoms with Crippen LogP contribution in [0.1, 0.15) is 24.2 Å². The van der Waals surface area contributed by atoms with E-state index in [9.17, 15) is 14.7 Å². The van der Waals surface area contributed by atoms with Gasteiger partial charge in [0.15, 0.2) is 0 Å². The summed E-state index contributed by atoms with van der Waals surface area (Å²) in [6.45, 7) is 3.52. The van der Waals surface area contributed by atoms with Crippen LogP contribution in [0.25, 0.3) is 0 Å². The number of aliphatic hydroxyl groups is 1. The number of urea groups is 1. The Balaban J connectivity index is 1.99. The molecule has 7 heteroatoms. The molecule has 2 rings (SSSR count). The van der Waals surface area contributed by atoms with E-state index in [-0.39, 0.29) is 12.5 Å². The van der Waals surface area contributed by atoms with Gasteiger partial charge < -0.3 is 25.8 Å². The molecule has 0 saturated carbocycles. The van der Waals surface area contributed by atoms with Crippen LogP contribution in [0.15, 0.2) is 48.5 Å². The minimum Gasteiger partial charge on any atom is -0.386 e. The highest BCUT2D eigenvalue weighted by molar-refractivity contribution is 5.94. The van der Waals surface area contributed by atoms with E-state index in [2.05, 4.69) is 16.0 Å². The summed E-state index contributed by atoms with van der Waals surface area (Å²) < 4.78 is 4.78. The van der Waals surface area contributed by atoms with E-state index in [0.29, 0.717) is 11.4 Å². The molecule has 2 aromatic rings. The second kappa shape index (κ2) is 9.70. The van der Waals surface area contributed by atoms with Crippen LogP contribution in [0.2, 0.25) is 0 Å². The first kappa shape index (κ1) is 20.4. The number of nitrogens with one attached hydrogen (secondary N) is 3. The summed E-state index contributed by atoms with van der Waals surface area (Å²) in [6, 6.07) is 13.4. The van der Waals surface area contributed by atoms with Gasteiger partial charge in [0.2, 0.25) is 5.91 Å². The average Bonchev–Trinajstić information content (AvgIpc) is 2.64. The molecule has 2 atom stereocenters. The molecule has 0 radical (unpaired) electrons. The topological polar surface area (TPSA) is 99.7 Å². The van der Waals surface area contributed by atoms with Gasteiger partial charge in [-0.05, 0) is 37.1 Å². The number of aliphatic hydroxyl groups excluding tert-OH is 1. The van der Waals surface area contributed by atoms with Gasteiger partial charge in [-0.3, -0.25) is 4.79 Å². The highest BCUT2D eigenvalue weighted by atomic mass is 16.5. The Kier molecular flexibility index (Phi) is 7.34. The van der Waals surface area contributed by atoms with Crippen LogP contribution in [0.4, 0.5) is 16.2 Å². The molecule has 0 aliphatic carbocycles. The summed E-state index contributed by atoms with van der Waals surface area (Å²) in [5, 5.41) is 18.5. The van der Waals surface area contributed by atoms with E-state index in [0.717, 1.165) is 11.1 Å². The third kappa shape index (κ3) is 6.09. The molecule has 0 aromatic heterocycles. The summed E-state index contributed by atoms with van der Waals surface area (Å²) >= 11 is 0. The van der Waals surface area contributed by atoms with E-state index in [1.165, 1.54) is 7.11 Å². The van der Waals surface area contributed by atoms with Crippen LogP contribution in [0.5, 0.6) is 0 Å². The van der Waals surface area contributed by atoms with Crippen molar-refractivity contribution >= 4 is 23.3 Å². The zero-order valence-corrected chi connectivity index (χ0v) is 15.7. The number of hydrogen-bond donors (Lipinski definition) is 4. The molecule has 0 aliphatic rings. The Morgan fingerprint density at radius 1 is 1.11 bits per heavy atom. The molecule has 144 valence electrons. The Morgan fingerprint density at radius 3 is 2.48 bits per heavy atom. The van der Waals surface area contributed by atoms with E-state index >= 15 is 0 Å². The van der Waals surface area contributed by atoms with Gasteiger partial charge >= 0.3 is 6.03 Å². The van der Waals surface area contributed by atoms with Crippen LogP contribution < -0.4 is 16.0 Å². The van der Waals surface area contributed by atoms with E-state index in [4.69, 9.17) is 4.74 Å². The zero-order chi connectivity index (χ0) is 19.8. The number of rotatable bonds is 7. The number of benzene rings is 2. The van der Waals surface area contributed by atoms with Crippen molar-refractivity contribution in [1.29, 1.82) is 0 Å². The molecular formula is C20H25N3O4. The van der Waals surface area contributed by atoms with Gasteiger partial charge in [0.05, 0.1) is 12.1 Å². The van der Waals surface area contributed by atoms with E-state index < -0.39 is 18.2 Å². The van der Waals surface area contributed by atoms with Crippen molar-refractivity contribution in [3.05, 3.63) is 59.7 Å². The summed E-state index contributed by atoms with van der Waals surface area (Å²) in [4.78, 5) is 23.9.